The Hall–Kier alpha value is -3.39. The molecule has 0 amide bonds. The summed E-state index contributed by atoms with van der Waals surface area (Å²) in [6.45, 7) is 0.545. The van der Waals surface area contributed by atoms with Crippen molar-refractivity contribution in [2.45, 2.75) is 6.54 Å². The molecule has 0 spiro atoms. The first-order valence-electron chi connectivity index (χ1n) is 8.45. The predicted octanol–water partition coefficient (Wildman–Crippen LogP) is 3.92. The monoisotopic (exact) mass is 395 g/mol. The minimum atomic E-state index is -0.955. The molecule has 4 aromatic rings. The Kier molecular flexibility index (Phi) is 4.70. The zero-order valence-corrected chi connectivity index (χ0v) is 16.1. The van der Waals surface area contributed by atoms with E-state index in [-0.39, 0.29) is 4.88 Å². The third-order valence-corrected chi connectivity index (χ3v) is 5.32. The van der Waals surface area contributed by atoms with Crippen LogP contribution in [0.3, 0.4) is 0 Å². The molecule has 0 fully saturated rings. The number of hydrogen-bond acceptors (Lipinski definition) is 6. The van der Waals surface area contributed by atoms with Crippen molar-refractivity contribution in [2.75, 3.05) is 14.2 Å². The summed E-state index contributed by atoms with van der Waals surface area (Å²) in [6, 6.07) is 11.3. The second-order valence-corrected chi connectivity index (χ2v) is 6.98. The fraction of sp³-hybridized carbons (Fsp3) is 0.150. The van der Waals surface area contributed by atoms with Crippen molar-refractivity contribution in [3.05, 3.63) is 58.4 Å². The molecule has 0 radical (unpaired) electrons. The van der Waals surface area contributed by atoms with E-state index in [1.807, 2.05) is 35.0 Å². The molecule has 28 heavy (non-hydrogen) atoms. The van der Waals surface area contributed by atoms with Crippen LogP contribution in [-0.2, 0) is 6.54 Å². The number of aromatic nitrogens is 3. The van der Waals surface area contributed by atoms with Crippen molar-refractivity contribution in [3.63, 3.8) is 0 Å². The van der Waals surface area contributed by atoms with Gasteiger partial charge >= 0.3 is 5.97 Å². The second-order valence-electron chi connectivity index (χ2n) is 6.07. The molecule has 0 unspecified atom stereocenters. The number of carbonyl (C=O) groups is 1. The van der Waals surface area contributed by atoms with Crippen molar-refractivity contribution in [3.8, 4) is 22.9 Å². The molecule has 0 saturated heterocycles. The lowest BCUT2D eigenvalue weighted by Gasteiger charge is -2.06. The number of pyridine rings is 1. The SMILES string of the molecule is COc1ccc(Cn2nc(-c3csc(C(=O)O)c3)c3c(OC)nccc32)cc1. The predicted molar refractivity (Wildman–Crippen MR) is 106 cm³/mol. The van der Waals surface area contributed by atoms with E-state index in [1.165, 1.54) is 11.3 Å². The Morgan fingerprint density at radius 2 is 1.96 bits per heavy atom. The van der Waals surface area contributed by atoms with Gasteiger partial charge in [0.1, 0.15) is 16.3 Å². The number of aromatic carboxylic acids is 1. The number of carboxylic acid groups (broad SMARTS) is 1. The largest absolute Gasteiger partial charge is 0.497 e. The van der Waals surface area contributed by atoms with Gasteiger partial charge in [-0.05, 0) is 29.8 Å². The Labute approximate surface area is 164 Å². The summed E-state index contributed by atoms with van der Waals surface area (Å²) in [5.74, 6) is 0.292. The number of rotatable bonds is 6. The van der Waals surface area contributed by atoms with Gasteiger partial charge in [-0.3, -0.25) is 4.68 Å². The molecule has 1 N–H and O–H groups in total. The average Bonchev–Trinajstić information content (AvgIpc) is 3.34. The first kappa shape index (κ1) is 18.0. The van der Waals surface area contributed by atoms with Crippen molar-refractivity contribution < 1.29 is 19.4 Å². The van der Waals surface area contributed by atoms with E-state index in [0.29, 0.717) is 18.1 Å². The molecule has 0 aliphatic carbocycles. The molecular formula is C20H17N3O4S. The third-order valence-electron chi connectivity index (χ3n) is 4.40. The van der Waals surface area contributed by atoms with Gasteiger partial charge in [-0.1, -0.05) is 12.1 Å². The standard InChI is InChI=1S/C20H17N3O4S/c1-26-14-5-3-12(4-6-14)10-23-15-7-8-21-19(27-2)17(15)18(22-23)13-9-16(20(24)25)28-11-13/h3-9,11H,10H2,1-2H3,(H,24,25). The van der Waals surface area contributed by atoms with Gasteiger partial charge < -0.3 is 14.6 Å². The smallest absolute Gasteiger partial charge is 0.345 e. The van der Waals surface area contributed by atoms with Crippen molar-refractivity contribution in [1.82, 2.24) is 14.8 Å². The number of thiophene rings is 1. The zero-order valence-electron chi connectivity index (χ0n) is 15.2. The fourth-order valence-electron chi connectivity index (χ4n) is 3.05. The van der Waals surface area contributed by atoms with Crippen molar-refractivity contribution >= 4 is 28.2 Å². The Bertz CT molecular complexity index is 1150. The summed E-state index contributed by atoms with van der Waals surface area (Å²) in [5.41, 5.74) is 3.30. The van der Waals surface area contributed by atoms with Crippen LogP contribution >= 0.6 is 11.3 Å². The summed E-state index contributed by atoms with van der Waals surface area (Å²) < 4.78 is 12.5. The summed E-state index contributed by atoms with van der Waals surface area (Å²) in [7, 11) is 3.19. The topological polar surface area (TPSA) is 86.5 Å². The molecule has 3 heterocycles. The summed E-state index contributed by atoms with van der Waals surface area (Å²) in [5, 5.41) is 16.5. The van der Waals surface area contributed by atoms with Crippen LogP contribution in [0.25, 0.3) is 22.2 Å². The molecular weight excluding hydrogens is 378 g/mol. The van der Waals surface area contributed by atoms with Gasteiger partial charge in [-0.2, -0.15) is 5.10 Å². The van der Waals surface area contributed by atoms with Crippen LogP contribution < -0.4 is 9.47 Å². The van der Waals surface area contributed by atoms with Crippen LogP contribution in [0.1, 0.15) is 15.2 Å². The van der Waals surface area contributed by atoms with Gasteiger partial charge in [0.2, 0.25) is 5.88 Å². The third kappa shape index (κ3) is 3.18. The minimum absolute atomic E-state index is 0.260. The first-order chi connectivity index (χ1) is 13.6. The summed E-state index contributed by atoms with van der Waals surface area (Å²) in [4.78, 5) is 15.8. The molecule has 1 aromatic carbocycles. The highest BCUT2D eigenvalue weighted by atomic mass is 32.1. The summed E-state index contributed by atoms with van der Waals surface area (Å²) in [6.07, 6.45) is 1.67. The molecule has 0 bridgehead atoms. The maximum Gasteiger partial charge on any atom is 0.345 e. The van der Waals surface area contributed by atoms with Gasteiger partial charge in [0, 0.05) is 17.1 Å². The lowest BCUT2D eigenvalue weighted by Crippen LogP contribution is -2.02. The van der Waals surface area contributed by atoms with Crippen LogP contribution in [0.5, 0.6) is 11.6 Å². The van der Waals surface area contributed by atoms with E-state index in [2.05, 4.69) is 4.98 Å². The Morgan fingerprint density at radius 1 is 1.18 bits per heavy atom. The van der Waals surface area contributed by atoms with Crippen LogP contribution in [0.15, 0.2) is 48.0 Å². The molecule has 0 aliphatic rings. The van der Waals surface area contributed by atoms with E-state index in [0.717, 1.165) is 27.8 Å². The molecule has 0 atom stereocenters. The van der Waals surface area contributed by atoms with E-state index >= 15 is 0 Å². The molecule has 142 valence electrons. The van der Waals surface area contributed by atoms with Crippen LogP contribution in [0.2, 0.25) is 0 Å². The Morgan fingerprint density at radius 3 is 2.61 bits per heavy atom. The van der Waals surface area contributed by atoms with E-state index in [1.54, 1.807) is 31.9 Å². The van der Waals surface area contributed by atoms with Gasteiger partial charge in [-0.25, -0.2) is 9.78 Å². The first-order valence-corrected chi connectivity index (χ1v) is 9.33. The number of carboxylic acids is 1. The number of fused-ring (bicyclic) bond motifs is 1. The van der Waals surface area contributed by atoms with Crippen LogP contribution in [0, 0.1) is 0 Å². The quantitative estimate of drug-likeness (QED) is 0.532. The molecule has 0 saturated carbocycles. The Balaban J connectivity index is 1.83. The number of nitrogens with zero attached hydrogens (tertiary/aromatic N) is 3. The van der Waals surface area contributed by atoms with Gasteiger partial charge in [-0.15, -0.1) is 11.3 Å². The van der Waals surface area contributed by atoms with Crippen molar-refractivity contribution in [2.24, 2.45) is 0 Å². The molecule has 7 nitrogen and oxygen atoms in total. The highest BCUT2D eigenvalue weighted by molar-refractivity contribution is 7.12. The zero-order chi connectivity index (χ0) is 19.7. The van der Waals surface area contributed by atoms with E-state index in [9.17, 15) is 9.90 Å². The molecule has 4 rings (SSSR count). The summed E-state index contributed by atoms with van der Waals surface area (Å²) >= 11 is 1.17. The molecule has 8 heteroatoms. The van der Waals surface area contributed by atoms with Crippen LogP contribution in [0.4, 0.5) is 0 Å². The lowest BCUT2D eigenvalue weighted by atomic mass is 10.1. The lowest BCUT2D eigenvalue weighted by molar-refractivity contribution is 0.0702. The van der Waals surface area contributed by atoms with E-state index < -0.39 is 5.97 Å². The van der Waals surface area contributed by atoms with E-state index in [4.69, 9.17) is 14.6 Å². The highest BCUT2D eigenvalue weighted by Crippen LogP contribution is 2.35. The fourth-order valence-corrected chi connectivity index (χ4v) is 3.78. The maximum atomic E-state index is 11.3. The van der Waals surface area contributed by atoms with Crippen LogP contribution in [-0.4, -0.2) is 40.1 Å². The number of benzene rings is 1. The number of hydrogen-bond donors (Lipinski definition) is 1. The normalized spacial score (nSPS) is 10.9. The highest BCUT2D eigenvalue weighted by Gasteiger charge is 2.20. The number of ether oxygens (including phenoxy) is 2. The minimum Gasteiger partial charge on any atom is -0.497 e. The van der Waals surface area contributed by atoms with Gasteiger partial charge in [0.25, 0.3) is 0 Å². The maximum absolute atomic E-state index is 11.3. The van der Waals surface area contributed by atoms with Crippen molar-refractivity contribution in [1.29, 1.82) is 0 Å². The van der Waals surface area contributed by atoms with Gasteiger partial charge in [0.05, 0.1) is 31.7 Å². The molecule has 0 aliphatic heterocycles. The second kappa shape index (κ2) is 7.32. The molecule has 3 aromatic heterocycles. The number of methoxy groups -OCH3 is 2. The van der Waals surface area contributed by atoms with Gasteiger partial charge in [0.15, 0.2) is 0 Å². The average molecular weight is 395 g/mol.